The van der Waals surface area contributed by atoms with Crippen molar-refractivity contribution in [1.29, 1.82) is 0 Å². The molecular formula is C17H16NOP. The summed E-state index contributed by atoms with van der Waals surface area (Å²) in [6, 6.07) is 20.8. The molecule has 0 aliphatic carbocycles. The molecule has 0 saturated heterocycles. The van der Waals surface area contributed by atoms with Crippen LogP contribution in [0.2, 0.25) is 0 Å². The molecular weight excluding hydrogens is 265 g/mol. The van der Waals surface area contributed by atoms with E-state index in [1.807, 2.05) is 18.2 Å². The van der Waals surface area contributed by atoms with Gasteiger partial charge >= 0.3 is 0 Å². The molecule has 0 radical (unpaired) electrons. The van der Waals surface area contributed by atoms with Gasteiger partial charge in [-0.1, -0.05) is 57.1 Å². The van der Waals surface area contributed by atoms with Crippen molar-refractivity contribution >= 4 is 24.8 Å². The summed E-state index contributed by atoms with van der Waals surface area (Å²) in [5.41, 5.74) is 2.06. The maximum atomic E-state index is 5.39. The van der Waals surface area contributed by atoms with Crippen LogP contribution >= 0.6 is 8.58 Å². The lowest BCUT2D eigenvalue weighted by Gasteiger charge is -2.07. The van der Waals surface area contributed by atoms with E-state index in [2.05, 4.69) is 42.5 Å². The molecule has 20 heavy (non-hydrogen) atoms. The van der Waals surface area contributed by atoms with Gasteiger partial charge in [-0.3, -0.25) is 0 Å². The van der Waals surface area contributed by atoms with Gasteiger partial charge in [-0.15, -0.1) is 0 Å². The average Bonchev–Trinajstić information content (AvgIpc) is 2.53. The quantitative estimate of drug-likeness (QED) is 0.679. The fraction of sp³-hybridized carbons (Fsp3) is 0.118. The third-order valence-corrected chi connectivity index (χ3v) is 4.49. The van der Waals surface area contributed by atoms with Gasteiger partial charge in [-0.25, -0.2) is 4.98 Å². The standard InChI is InChI=1S/C17H16NOP/c1-19-16-9-5-6-13-10-11-14(18-17(13)16)12-20-15-7-3-2-4-8-15/h2-11,20H,12H2,1H3. The summed E-state index contributed by atoms with van der Waals surface area (Å²) in [7, 11) is 2.44. The minimum absolute atomic E-state index is 0.747. The zero-order valence-electron chi connectivity index (χ0n) is 11.3. The Balaban J connectivity index is 1.85. The molecule has 100 valence electrons. The highest BCUT2D eigenvalue weighted by Crippen LogP contribution is 2.25. The zero-order valence-corrected chi connectivity index (χ0v) is 12.3. The average molecular weight is 281 g/mol. The van der Waals surface area contributed by atoms with Gasteiger partial charge < -0.3 is 4.74 Å². The molecule has 0 N–H and O–H groups in total. The fourth-order valence-corrected chi connectivity index (χ4v) is 3.18. The van der Waals surface area contributed by atoms with E-state index in [4.69, 9.17) is 9.72 Å². The van der Waals surface area contributed by atoms with Crippen molar-refractivity contribution < 1.29 is 4.74 Å². The molecule has 2 nitrogen and oxygen atoms in total. The maximum Gasteiger partial charge on any atom is 0.145 e. The lowest BCUT2D eigenvalue weighted by Crippen LogP contribution is -1.95. The molecule has 0 saturated carbocycles. The zero-order chi connectivity index (χ0) is 13.8. The van der Waals surface area contributed by atoms with Crippen LogP contribution in [0.4, 0.5) is 0 Å². The molecule has 3 heteroatoms. The van der Waals surface area contributed by atoms with E-state index in [1.54, 1.807) is 7.11 Å². The second kappa shape index (κ2) is 6.02. The van der Waals surface area contributed by atoms with Crippen molar-refractivity contribution in [3.8, 4) is 5.75 Å². The first-order valence-corrected chi connectivity index (χ1v) is 7.79. The van der Waals surface area contributed by atoms with Crippen LogP contribution in [-0.4, -0.2) is 12.1 Å². The van der Waals surface area contributed by atoms with E-state index in [9.17, 15) is 0 Å². The minimum Gasteiger partial charge on any atom is -0.494 e. The van der Waals surface area contributed by atoms with Gasteiger partial charge in [0.05, 0.1) is 7.11 Å². The second-order valence-electron chi connectivity index (χ2n) is 4.55. The van der Waals surface area contributed by atoms with Gasteiger partial charge in [0.15, 0.2) is 0 Å². The highest BCUT2D eigenvalue weighted by atomic mass is 31.1. The molecule has 3 aromatic rings. The number of para-hydroxylation sites is 1. The van der Waals surface area contributed by atoms with Crippen molar-refractivity contribution in [3.05, 3.63) is 66.4 Å². The van der Waals surface area contributed by atoms with Crippen LogP contribution in [-0.2, 0) is 6.16 Å². The largest absolute Gasteiger partial charge is 0.494 e. The molecule has 1 heterocycles. The van der Waals surface area contributed by atoms with Crippen molar-refractivity contribution in [2.24, 2.45) is 0 Å². The SMILES string of the molecule is COc1cccc2ccc(CPc3ccccc3)nc12. The predicted molar refractivity (Wildman–Crippen MR) is 86.4 cm³/mol. The van der Waals surface area contributed by atoms with Crippen LogP contribution in [0.3, 0.4) is 0 Å². The Kier molecular flexibility index (Phi) is 3.94. The number of aromatic nitrogens is 1. The molecule has 2 aromatic carbocycles. The number of hydrogen-bond donors (Lipinski definition) is 0. The first-order chi connectivity index (χ1) is 9.86. The molecule has 1 unspecified atom stereocenters. The van der Waals surface area contributed by atoms with Gasteiger partial charge in [0, 0.05) is 17.2 Å². The van der Waals surface area contributed by atoms with E-state index < -0.39 is 0 Å². The highest BCUT2D eigenvalue weighted by molar-refractivity contribution is 7.46. The minimum atomic E-state index is 0.747. The van der Waals surface area contributed by atoms with Crippen molar-refractivity contribution in [3.63, 3.8) is 0 Å². The smallest absolute Gasteiger partial charge is 0.145 e. The number of fused-ring (bicyclic) bond motifs is 1. The molecule has 0 bridgehead atoms. The van der Waals surface area contributed by atoms with Crippen LogP contribution in [0.1, 0.15) is 5.69 Å². The monoisotopic (exact) mass is 281 g/mol. The van der Waals surface area contributed by atoms with E-state index >= 15 is 0 Å². The van der Waals surface area contributed by atoms with Crippen molar-refractivity contribution in [2.45, 2.75) is 6.16 Å². The Morgan fingerprint density at radius 2 is 1.80 bits per heavy atom. The van der Waals surface area contributed by atoms with Gasteiger partial charge in [0.25, 0.3) is 0 Å². The number of ether oxygens (including phenoxy) is 1. The van der Waals surface area contributed by atoms with Gasteiger partial charge in [-0.2, -0.15) is 0 Å². The van der Waals surface area contributed by atoms with Crippen molar-refractivity contribution in [2.75, 3.05) is 7.11 Å². The number of nitrogens with zero attached hydrogens (tertiary/aromatic N) is 1. The molecule has 1 atom stereocenters. The third-order valence-electron chi connectivity index (χ3n) is 3.21. The lowest BCUT2D eigenvalue weighted by molar-refractivity contribution is 0.419. The number of pyridine rings is 1. The normalized spacial score (nSPS) is 11.2. The molecule has 0 spiro atoms. The Hall–Kier alpha value is -1.92. The maximum absolute atomic E-state index is 5.39. The molecule has 0 fully saturated rings. The molecule has 0 aliphatic heterocycles. The highest BCUT2D eigenvalue weighted by Gasteiger charge is 2.04. The predicted octanol–water partition coefficient (Wildman–Crippen LogP) is 3.75. The number of methoxy groups -OCH3 is 1. The summed E-state index contributed by atoms with van der Waals surface area (Å²) in [5.74, 6) is 0.840. The third kappa shape index (κ3) is 2.81. The Bertz CT molecular complexity index is 713. The lowest BCUT2D eigenvalue weighted by atomic mass is 10.2. The summed E-state index contributed by atoms with van der Waals surface area (Å²) in [5, 5.41) is 2.49. The van der Waals surface area contributed by atoms with E-state index in [1.165, 1.54) is 5.30 Å². The van der Waals surface area contributed by atoms with E-state index in [-0.39, 0.29) is 0 Å². The van der Waals surface area contributed by atoms with Crippen LogP contribution < -0.4 is 10.0 Å². The summed E-state index contributed by atoms with van der Waals surface area (Å²) in [4.78, 5) is 4.74. The molecule has 1 aromatic heterocycles. The van der Waals surface area contributed by atoms with Gasteiger partial charge in [-0.05, 0) is 17.4 Å². The second-order valence-corrected chi connectivity index (χ2v) is 5.84. The molecule has 0 aliphatic rings. The van der Waals surface area contributed by atoms with E-state index in [0.29, 0.717) is 0 Å². The fourth-order valence-electron chi connectivity index (χ4n) is 2.17. The first-order valence-electron chi connectivity index (χ1n) is 6.58. The van der Waals surface area contributed by atoms with Crippen LogP contribution in [0.15, 0.2) is 60.7 Å². The first kappa shape index (κ1) is 13.1. The summed E-state index contributed by atoms with van der Waals surface area (Å²) < 4.78 is 5.39. The van der Waals surface area contributed by atoms with Gasteiger partial charge in [0.2, 0.25) is 0 Å². The number of hydrogen-bond acceptors (Lipinski definition) is 2. The molecule has 3 rings (SSSR count). The summed E-state index contributed by atoms with van der Waals surface area (Å²) in [6.07, 6.45) is 0.970. The Labute approximate surface area is 120 Å². The Morgan fingerprint density at radius 1 is 0.950 bits per heavy atom. The summed E-state index contributed by atoms with van der Waals surface area (Å²) in [6.45, 7) is 0. The van der Waals surface area contributed by atoms with Gasteiger partial charge in [0.1, 0.15) is 11.3 Å². The van der Waals surface area contributed by atoms with Crippen molar-refractivity contribution in [1.82, 2.24) is 4.98 Å². The topological polar surface area (TPSA) is 22.1 Å². The number of rotatable bonds is 4. The molecule has 0 amide bonds. The van der Waals surface area contributed by atoms with E-state index in [0.717, 1.165) is 37.1 Å². The van der Waals surface area contributed by atoms with Crippen LogP contribution in [0.5, 0.6) is 5.75 Å². The Morgan fingerprint density at radius 3 is 2.60 bits per heavy atom. The summed E-state index contributed by atoms with van der Waals surface area (Å²) >= 11 is 0. The number of benzene rings is 2. The van der Waals surface area contributed by atoms with Crippen LogP contribution in [0, 0.1) is 0 Å². The van der Waals surface area contributed by atoms with Crippen LogP contribution in [0.25, 0.3) is 10.9 Å².